The van der Waals surface area contributed by atoms with Gasteiger partial charge in [-0.3, -0.25) is 0 Å². The van der Waals surface area contributed by atoms with Crippen molar-refractivity contribution in [2.24, 2.45) is 5.73 Å². The molecule has 0 amide bonds. The minimum atomic E-state index is -4.38. The van der Waals surface area contributed by atoms with E-state index in [0.29, 0.717) is 35.2 Å². The summed E-state index contributed by atoms with van der Waals surface area (Å²) in [6.45, 7) is 3.71. The molecule has 8 heteroatoms. The lowest BCUT2D eigenvalue weighted by atomic mass is 10.2. The smallest absolute Gasteiger partial charge is 0.402 e. The molecule has 2 unspecified atom stereocenters. The van der Waals surface area contributed by atoms with Crippen LogP contribution in [-0.4, -0.2) is 34.0 Å². The molecule has 1 heterocycles. The predicted octanol–water partition coefficient (Wildman–Crippen LogP) is 3.33. The summed E-state index contributed by atoms with van der Waals surface area (Å²) in [5.74, 6) is 0.643. The first-order valence-corrected chi connectivity index (χ1v) is 7.30. The molecule has 1 aromatic carbocycles. The second-order valence-electron chi connectivity index (χ2n) is 4.59. The van der Waals surface area contributed by atoms with E-state index in [2.05, 4.69) is 9.97 Å². The van der Waals surface area contributed by atoms with Crippen LogP contribution < -0.4 is 10.5 Å². The lowest BCUT2D eigenvalue weighted by Crippen LogP contribution is -2.40. The van der Waals surface area contributed by atoms with Crippen LogP contribution in [0, 0.1) is 0 Å². The third-order valence-electron chi connectivity index (χ3n) is 2.78. The van der Waals surface area contributed by atoms with Gasteiger partial charge in [-0.1, -0.05) is 11.8 Å². The molecule has 4 nitrogen and oxygen atoms in total. The van der Waals surface area contributed by atoms with Crippen LogP contribution in [0.5, 0.6) is 5.75 Å². The van der Waals surface area contributed by atoms with Crippen molar-refractivity contribution in [1.82, 2.24) is 9.97 Å². The van der Waals surface area contributed by atoms with Gasteiger partial charge < -0.3 is 15.5 Å². The number of ether oxygens (including phenoxy) is 1. The molecular weight excluding hydrogens is 303 g/mol. The molecule has 2 rings (SSSR count). The highest BCUT2D eigenvalue weighted by Gasteiger charge is 2.43. The topological polar surface area (TPSA) is 63.9 Å². The van der Waals surface area contributed by atoms with Crippen molar-refractivity contribution in [1.29, 1.82) is 0 Å². The number of H-pyrrole nitrogens is 1. The summed E-state index contributed by atoms with van der Waals surface area (Å²) < 4.78 is 44.1. The maximum atomic E-state index is 12.9. The van der Waals surface area contributed by atoms with Gasteiger partial charge in [-0.2, -0.15) is 13.2 Å². The standard InChI is InChI=1S/C13H16F3N3OS/c1-3-20-8-4-5-9-10(6-8)19-12(18-9)21-11(7(2)17)13(14,15)16/h4-7,11H,3,17H2,1-2H3,(H,18,19). The molecule has 1 aromatic heterocycles. The quantitative estimate of drug-likeness (QED) is 0.830. The van der Waals surface area contributed by atoms with Crippen molar-refractivity contribution >= 4 is 22.8 Å². The molecule has 0 aliphatic carbocycles. The monoisotopic (exact) mass is 319 g/mol. The Hall–Kier alpha value is -1.41. The van der Waals surface area contributed by atoms with E-state index >= 15 is 0 Å². The summed E-state index contributed by atoms with van der Waals surface area (Å²) in [5, 5.41) is -1.51. The van der Waals surface area contributed by atoms with Crippen LogP contribution in [0.15, 0.2) is 23.4 Å². The molecule has 0 saturated carbocycles. The Balaban J connectivity index is 2.26. The molecule has 0 radical (unpaired) electrons. The number of rotatable bonds is 5. The summed E-state index contributed by atoms with van der Waals surface area (Å²) in [4.78, 5) is 7.01. The van der Waals surface area contributed by atoms with Gasteiger partial charge in [-0.05, 0) is 26.0 Å². The molecular formula is C13H16F3N3OS. The number of hydrogen-bond acceptors (Lipinski definition) is 4. The van der Waals surface area contributed by atoms with Gasteiger partial charge in [0, 0.05) is 12.1 Å². The zero-order valence-electron chi connectivity index (χ0n) is 11.6. The first kappa shape index (κ1) is 16.0. The first-order valence-electron chi connectivity index (χ1n) is 6.42. The molecule has 3 N–H and O–H groups in total. The largest absolute Gasteiger partial charge is 0.494 e. The number of aromatic nitrogens is 2. The van der Waals surface area contributed by atoms with Crippen LogP contribution in [0.25, 0.3) is 11.0 Å². The molecule has 0 saturated heterocycles. The molecule has 0 aliphatic rings. The van der Waals surface area contributed by atoms with Crippen molar-refractivity contribution < 1.29 is 17.9 Å². The van der Waals surface area contributed by atoms with Crippen molar-refractivity contribution in [3.8, 4) is 5.75 Å². The number of nitrogens with one attached hydrogen (secondary N) is 1. The third-order valence-corrected chi connectivity index (χ3v) is 4.15. The van der Waals surface area contributed by atoms with Crippen LogP contribution in [0.3, 0.4) is 0 Å². The number of halogens is 3. The average molecular weight is 319 g/mol. The van der Waals surface area contributed by atoms with Gasteiger partial charge >= 0.3 is 6.18 Å². The van der Waals surface area contributed by atoms with Crippen molar-refractivity contribution in [2.75, 3.05) is 6.61 Å². The average Bonchev–Trinajstić information content (AvgIpc) is 2.76. The number of benzene rings is 1. The van der Waals surface area contributed by atoms with Crippen LogP contribution in [0.1, 0.15) is 13.8 Å². The Morgan fingerprint density at radius 2 is 2.14 bits per heavy atom. The summed E-state index contributed by atoms with van der Waals surface area (Å²) in [7, 11) is 0. The fourth-order valence-corrected chi connectivity index (χ4v) is 2.78. The van der Waals surface area contributed by atoms with Gasteiger partial charge in [0.05, 0.1) is 17.6 Å². The Bertz CT molecular complexity index is 612. The summed E-state index contributed by atoms with van der Waals surface area (Å²) >= 11 is 0.591. The number of aromatic amines is 1. The summed E-state index contributed by atoms with van der Waals surface area (Å²) in [6, 6.07) is 4.12. The van der Waals surface area contributed by atoms with Gasteiger partial charge in [0.1, 0.15) is 11.0 Å². The minimum Gasteiger partial charge on any atom is -0.494 e. The van der Waals surface area contributed by atoms with Crippen LogP contribution in [0.2, 0.25) is 0 Å². The van der Waals surface area contributed by atoms with Crippen LogP contribution >= 0.6 is 11.8 Å². The molecule has 0 aliphatic heterocycles. The normalized spacial score (nSPS) is 15.1. The Morgan fingerprint density at radius 1 is 1.43 bits per heavy atom. The number of thioether (sulfide) groups is 1. The highest BCUT2D eigenvalue weighted by Crippen LogP contribution is 2.36. The number of hydrogen-bond donors (Lipinski definition) is 2. The lowest BCUT2D eigenvalue weighted by molar-refractivity contribution is -0.131. The lowest BCUT2D eigenvalue weighted by Gasteiger charge is -2.21. The van der Waals surface area contributed by atoms with Crippen molar-refractivity contribution in [3.05, 3.63) is 18.2 Å². The maximum Gasteiger partial charge on any atom is 0.402 e. The second-order valence-corrected chi connectivity index (χ2v) is 5.72. The zero-order chi connectivity index (χ0) is 15.6. The van der Waals surface area contributed by atoms with Crippen LogP contribution in [0.4, 0.5) is 13.2 Å². The molecule has 21 heavy (non-hydrogen) atoms. The fraction of sp³-hybridized carbons (Fsp3) is 0.462. The van der Waals surface area contributed by atoms with Crippen molar-refractivity contribution in [3.63, 3.8) is 0 Å². The molecule has 0 spiro atoms. The molecule has 2 aromatic rings. The number of nitrogens with two attached hydrogens (primary N) is 1. The Kier molecular flexibility index (Phi) is 4.67. The number of nitrogens with zero attached hydrogens (tertiary/aromatic N) is 1. The van der Waals surface area contributed by atoms with E-state index in [9.17, 15) is 13.2 Å². The minimum absolute atomic E-state index is 0.193. The second kappa shape index (κ2) is 6.15. The predicted molar refractivity (Wildman–Crippen MR) is 76.6 cm³/mol. The SMILES string of the molecule is CCOc1ccc2nc(SC(C(C)N)C(F)(F)F)[nH]c2c1. The fourth-order valence-electron chi connectivity index (χ4n) is 1.87. The summed E-state index contributed by atoms with van der Waals surface area (Å²) in [5.41, 5.74) is 6.65. The summed E-state index contributed by atoms with van der Waals surface area (Å²) in [6.07, 6.45) is -4.38. The number of imidazole rings is 1. The Morgan fingerprint density at radius 3 is 2.71 bits per heavy atom. The number of fused-ring (bicyclic) bond motifs is 1. The molecule has 2 atom stereocenters. The van der Waals surface area contributed by atoms with E-state index < -0.39 is 17.5 Å². The molecule has 0 fully saturated rings. The van der Waals surface area contributed by atoms with Gasteiger partial charge in [0.25, 0.3) is 0 Å². The van der Waals surface area contributed by atoms with Gasteiger partial charge in [-0.25, -0.2) is 4.98 Å². The highest BCUT2D eigenvalue weighted by molar-refractivity contribution is 7.99. The van der Waals surface area contributed by atoms with E-state index in [-0.39, 0.29) is 5.16 Å². The highest BCUT2D eigenvalue weighted by atomic mass is 32.2. The van der Waals surface area contributed by atoms with E-state index in [1.165, 1.54) is 6.92 Å². The Labute approximate surface area is 124 Å². The first-order chi connectivity index (χ1) is 9.81. The van der Waals surface area contributed by atoms with E-state index in [4.69, 9.17) is 10.5 Å². The van der Waals surface area contributed by atoms with E-state index in [1.807, 2.05) is 6.92 Å². The molecule has 116 valence electrons. The zero-order valence-corrected chi connectivity index (χ0v) is 12.4. The van der Waals surface area contributed by atoms with Gasteiger partial charge in [0.2, 0.25) is 0 Å². The van der Waals surface area contributed by atoms with Crippen molar-refractivity contribution in [2.45, 2.75) is 36.5 Å². The number of alkyl halides is 3. The van der Waals surface area contributed by atoms with E-state index in [0.717, 1.165) is 0 Å². The third kappa shape index (κ3) is 3.82. The van der Waals surface area contributed by atoms with E-state index in [1.54, 1.807) is 18.2 Å². The molecule has 0 bridgehead atoms. The van der Waals surface area contributed by atoms with Gasteiger partial charge in [0.15, 0.2) is 5.16 Å². The van der Waals surface area contributed by atoms with Crippen LogP contribution in [-0.2, 0) is 0 Å². The maximum absolute atomic E-state index is 12.9. The van der Waals surface area contributed by atoms with Gasteiger partial charge in [-0.15, -0.1) is 0 Å².